The fraction of sp³-hybridized carbons (Fsp3) is 0.375. The number of carbonyl (C=O) groups excluding carboxylic acids is 1. The van der Waals surface area contributed by atoms with Gasteiger partial charge in [0.05, 0.1) is 10.9 Å². The molecular weight excluding hydrogens is 313 g/mol. The van der Waals surface area contributed by atoms with Crippen molar-refractivity contribution in [3.63, 3.8) is 0 Å². The predicted molar refractivity (Wildman–Crippen MR) is 77.4 cm³/mol. The zero-order valence-corrected chi connectivity index (χ0v) is 13.0. The summed E-state index contributed by atoms with van der Waals surface area (Å²) in [4.78, 5) is 24.1. The molecule has 7 heteroatoms. The van der Waals surface area contributed by atoms with Crippen molar-refractivity contribution in [3.05, 3.63) is 45.5 Å². The normalized spacial score (nSPS) is 12.5. The molecule has 124 valence electrons. The first-order valence-corrected chi connectivity index (χ1v) is 6.78. The number of aryl methyl sites for hydroxylation is 1. The maximum absolute atomic E-state index is 12.9. The highest BCUT2D eigenvalue weighted by molar-refractivity contribution is 6.05. The van der Waals surface area contributed by atoms with Crippen molar-refractivity contribution in [1.82, 2.24) is 0 Å². The van der Waals surface area contributed by atoms with Gasteiger partial charge in [-0.05, 0) is 45.9 Å². The van der Waals surface area contributed by atoms with Gasteiger partial charge in [-0.15, -0.1) is 0 Å². The molecule has 2 rings (SSSR count). The van der Waals surface area contributed by atoms with Crippen LogP contribution in [0.1, 0.15) is 42.5 Å². The van der Waals surface area contributed by atoms with Gasteiger partial charge in [-0.2, -0.15) is 13.2 Å². The Kier molecular flexibility index (Phi) is 4.00. The molecule has 0 aliphatic heterocycles. The number of benzene rings is 1. The van der Waals surface area contributed by atoms with Gasteiger partial charge < -0.3 is 9.15 Å². The molecule has 1 heterocycles. The summed E-state index contributed by atoms with van der Waals surface area (Å²) >= 11 is 0. The van der Waals surface area contributed by atoms with E-state index in [9.17, 15) is 22.8 Å². The molecule has 4 nitrogen and oxygen atoms in total. The highest BCUT2D eigenvalue weighted by Crippen LogP contribution is 2.32. The van der Waals surface area contributed by atoms with E-state index in [1.807, 2.05) is 0 Å². The summed E-state index contributed by atoms with van der Waals surface area (Å²) in [5, 5.41) is -0.243. The molecule has 23 heavy (non-hydrogen) atoms. The van der Waals surface area contributed by atoms with Crippen molar-refractivity contribution in [1.29, 1.82) is 0 Å². The molecule has 0 radical (unpaired) electrons. The van der Waals surface area contributed by atoms with Gasteiger partial charge in [0.25, 0.3) is 0 Å². The van der Waals surface area contributed by atoms with Crippen LogP contribution in [0.5, 0.6) is 0 Å². The number of carbonyl (C=O) groups is 1. The van der Waals surface area contributed by atoms with Crippen LogP contribution >= 0.6 is 0 Å². The van der Waals surface area contributed by atoms with E-state index in [1.165, 1.54) is 6.92 Å². The molecule has 0 spiro atoms. The average molecular weight is 328 g/mol. The van der Waals surface area contributed by atoms with Crippen molar-refractivity contribution >= 4 is 16.7 Å². The summed E-state index contributed by atoms with van der Waals surface area (Å²) < 4.78 is 48.9. The van der Waals surface area contributed by atoms with E-state index < -0.39 is 28.9 Å². The van der Waals surface area contributed by atoms with Gasteiger partial charge >= 0.3 is 17.8 Å². The fourth-order valence-corrected chi connectivity index (χ4v) is 2.12. The molecule has 0 bridgehead atoms. The molecule has 0 atom stereocenters. The second kappa shape index (κ2) is 5.40. The molecule has 0 fully saturated rings. The van der Waals surface area contributed by atoms with Crippen LogP contribution < -0.4 is 5.63 Å². The van der Waals surface area contributed by atoms with E-state index in [1.54, 1.807) is 20.8 Å². The minimum atomic E-state index is -4.59. The fourth-order valence-electron chi connectivity index (χ4n) is 2.12. The van der Waals surface area contributed by atoms with Crippen LogP contribution in [-0.2, 0) is 10.9 Å². The quantitative estimate of drug-likeness (QED) is 0.740. The monoisotopic (exact) mass is 328 g/mol. The largest absolute Gasteiger partial charge is 0.456 e. The van der Waals surface area contributed by atoms with Crippen LogP contribution in [0.3, 0.4) is 0 Å². The number of hydrogen-bond donors (Lipinski definition) is 0. The Morgan fingerprint density at radius 3 is 2.26 bits per heavy atom. The van der Waals surface area contributed by atoms with E-state index in [2.05, 4.69) is 0 Å². The van der Waals surface area contributed by atoms with Gasteiger partial charge in [-0.1, -0.05) is 0 Å². The average Bonchev–Trinajstić information content (AvgIpc) is 2.34. The molecule has 2 aromatic rings. The summed E-state index contributed by atoms with van der Waals surface area (Å²) in [6.45, 7) is 6.22. The lowest BCUT2D eigenvalue weighted by molar-refractivity contribution is -0.137. The Morgan fingerprint density at radius 1 is 1.13 bits per heavy atom. The number of rotatable bonds is 1. The molecule has 1 aromatic carbocycles. The SMILES string of the molecule is Cc1oc(=O)c2ccc(C(F)(F)F)cc2c1C(=O)OC(C)(C)C. The van der Waals surface area contributed by atoms with Gasteiger partial charge in [-0.3, -0.25) is 0 Å². The lowest BCUT2D eigenvalue weighted by Crippen LogP contribution is -2.25. The molecule has 0 saturated carbocycles. The zero-order valence-electron chi connectivity index (χ0n) is 13.0. The number of fused-ring (bicyclic) bond motifs is 1. The number of halogens is 3. The van der Waals surface area contributed by atoms with Crippen molar-refractivity contribution in [3.8, 4) is 0 Å². The summed E-state index contributed by atoms with van der Waals surface area (Å²) in [6, 6.07) is 2.53. The molecule has 0 aliphatic rings. The summed E-state index contributed by atoms with van der Waals surface area (Å²) in [6.07, 6.45) is -4.59. The second-order valence-corrected chi connectivity index (χ2v) is 6.08. The zero-order chi connectivity index (χ0) is 17.6. The lowest BCUT2D eigenvalue weighted by atomic mass is 10.0. The molecule has 0 amide bonds. The van der Waals surface area contributed by atoms with Crippen LogP contribution in [0.4, 0.5) is 13.2 Å². The Hall–Kier alpha value is -2.31. The van der Waals surface area contributed by atoms with Gasteiger partial charge in [0.1, 0.15) is 16.9 Å². The van der Waals surface area contributed by atoms with Crippen molar-refractivity contribution in [2.24, 2.45) is 0 Å². The lowest BCUT2D eigenvalue weighted by Gasteiger charge is -2.20. The highest BCUT2D eigenvalue weighted by Gasteiger charge is 2.32. The highest BCUT2D eigenvalue weighted by atomic mass is 19.4. The topological polar surface area (TPSA) is 56.5 Å². The number of alkyl halides is 3. The summed E-state index contributed by atoms with van der Waals surface area (Å²) in [5.41, 5.74) is -2.79. The third kappa shape index (κ3) is 3.55. The van der Waals surface area contributed by atoms with Gasteiger partial charge in [0.2, 0.25) is 0 Å². The molecule has 1 aromatic heterocycles. The van der Waals surface area contributed by atoms with Crippen LogP contribution in [0.2, 0.25) is 0 Å². The molecule has 0 N–H and O–H groups in total. The number of esters is 1. The first-order chi connectivity index (χ1) is 10.4. The van der Waals surface area contributed by atoms with Gasteiger partial charge in [-0.25, -0.2) is 9.59 Å². The first kappa shape index (κ1) is 17.1. The van der Waals surface area contributed by atoms with Crippen molar-refractivity contribution in [2.45, 2.75) is 39.5 Å². The van der Waals surface area contributed by atoms with E-state index in [0.717, 1.165) is 18.2 Å². The smallest absolute Gasteiger partial charge is 0.416 e. The minimum Gasteiger partial charge on any atom is -0.456 e. The standard InChI is InChI=1S/C16H15F3O4/c1-8-12(14(21)23-15(2,3)4)11-7-9(16(17,18)19)5-6-10(11)13(20)22-8/h5-7H,1-4H3. The van der Waals surface area contributed by atoms with E-state index in [0.29, 0.717) is 0 Å². The maximum Gasteiger partial charge on any atom is 0.416 e. The first-order valence-electron chi connectivity index (χ1n) is 6.78. The van der Waals surface area contributed by atoms with Crippen LogP contribution in [0, 0.1) is 6.92 Å². The molecule has 0 aliphatic carbocycles. The third-order valence-electron chi connectivity index (χ3n) is 3.04. The maximum atomic E-state index is 12.9. The third-order valence-corrected chi connectivity index (χ3v) is 3.04. The molecular formula is C16H15F3O4. The molecule has 0 unspecified atom stereocenters. The predicted octanol–water partition coefficient (Wildman–Crippen LogP) is 4.08. The van der Waals surface area contributed by atoms with Crippen molar-refractivity contribution < 1.29 is 27.1 Å². The number of hydrogen-bond acceptors (Lipinski definition) is 4. The number of ether oxygens (including phenoxy) is 1. The Morgan fingerprint density at radius 2 is 1.74 bits per heavy atom. The van der Waals surface area contributed by atoms with Gasteiger partial charge in [0, 0.05) is 5.39 Å². The second-order valence-electron chi connectivity index (χ2n) is 6.08. The van der Waals surface area contributed by atoms with E-state index >= 15 is 0 Å². The minimum absolute atomic E-state index is 0.0870. The van der Waals surface area contributed by atoms with Crippen LogP contribution in [0.25, 0.3) is 10.8 Å². The van der Waals surface area contributed by atoms with Crippen molar-refractivity contribution in [2.75, 3.05) is 0 Å². The van der Waals surface area contributed by atoms with E-state index in [-0.39, 0.29) is 22.1 Å². The Balaban J connectivity index is 2.77. The van der Waals surface area contributed by atoms with Gasteiger partial charge in [0.15, 0.2) is 0 Å². The Bertz CT molecular complexity index is 826. The molecule has 0 saturated heterocycles. The van der Waals surface area contributed by atoms with E-state index in [4.69, 9.17) is 9.15 Å². The van der Waals surface area contributed by atoms with Crippen LogP contribution in [0.15, 0.2) is 27.4 Å². The van der Waals surface area contributed by atoms with Crippen LogP contribution in [-0.4, -0.2) is 11.6 Å². The summed E-state index contributed by atoms with van der Waals surface area (Å²) in [5.74, 6) is -0.931. The Labute approximate surface area is 129 Å². The summed E-state index contributed by atoms with van der Waals surface area (Å²) in [7, 11) is 0.